The maximum absolute atomic E-state index is 13.6. The van der Waals surface area contributed by atoms with E-state index < -0.39 is 29.7 Å². The Morgan fingerprint density at radius 1 is 1.15 bits per heavy atom. The topological polar surface area (TPSA) is 148 Å². The number of fused-ring (bicyclic) bond motifs is 1. The van der Waals surface area contributed by atoms with Gasteiger partial charge >= 0.3 is 18.0 Å². The minimum Gasteiger partial charge on any atom is -0.457 e. The molecule has 1 heterocycles. The highest BCUT2D eigenvalue weighted by atomic mass is 16.6. The number of benzene rings is 2. The number of nitrogens with zero attached hydrogens (tertiary/aromatic N) is 2. The van der Waals surface area contributed by atoms with Crippen LogP contribution in [0.25, 0.3) is 0 Å². The molecule has 0 saturated carbocycles. The molecule has 1 aliphatic rings. The fraction of sp³-hybridized carbons (Fsp3) is 0.441. The number of ether oxygens (including phenoxy) is 4. The Hall–Kier alpha value is -4.87. The summed E-state index contributed by atoms with van der Waals surface area (Å²) in [5, 5.41) is 11.2. The Bertz CT molecular complexity index is 1490. The third kappa shape index (κ3) is 9.56. The van der Waals surface area contributed by atoms with Crippen molar-refractivity contribution in [1.82, 2.24) is 4.90 Å². The number of anilines is 2. The summed E-state index contributed by atoms with van der Waals surface area (Å²) in [7, 11) is 3.62. The van der Waals surface area contributed by atoms with Gasteiger partial charge in [0.05, 0.1) is 24.3 Å². The van der Waals surface area contributed by atoms with Crippen molar-refractivity contribution >= 4 is 42.1 Å². The van der Waals surface area contributed by atoms with E-state index in [4.69, 9.17) is 24.4 Å². The molecule has 0 radical (unpaired) electrons. The van der Waals surface area contributed by atoms with Crippen LogP contribution < -0.4 is 15.0 Å². The Kier molecular flexibility index (Phi) is 11.9. The molecule has 248 valence electrons. The maximum Gasteiger partial charge on any atom is 0.410 e. The monoisotopic (exact) mass is 636 g/mol. The first-order valence-corrected chi connectivity index (χ1v) is 15.0. The fourth-order valence-corrected chi connectivity index (χ4v) is 4.82. The predicted octanol–water partition coefficient (Wildman–Crippen LogP) is 5.78. The van der Waals surface area contributed by atoms with Crippen LogP contribution in [0.15, 0.2) is 42.1 Å². The highest BCUT2D eigenvalue weighted by Gasteiger charge is 2.31. The predicted molar refractivity (Wildman–Crippen MR) is 174 cm³/mol. The van der Waals surface area contributed by atoms with Crippen molar-refractivity contribution in [2.24, 2.45) is 5.92 Å². The minimum absolute atomic E-state index is 0.0489. The second-order valence-electron chi connectivity index (χ2n) is 12.6. The number of esters is 2. The van der Waals surface area contributed by atoms with E-state index in [2.05, 4.69) is 5.32 Å². The third-order valence-corrected chi connectivity index (χ3v) is 7.04. The lowest BCUT2D eigenvalue weighted by molar-refractivity contribution is -0.151. The average molecular weight is 637 g/mol. The van der Waals surface area contributed by atoms with Crippen molar-refractivity contribution in [3.05, 3.63) is 64.4 Å². The van der Waals surface area contributed by atoms with Gasteiger partial charge in [0.15, 0.2) is 5.75 Å². The van der Waals surface area contributed by atoms with E-state index >= 15 is 0 Å². The summed E-state index contributed by atoms with van der Waals surface area (Å²) in [5.74, 6) is -0.411. The van der Waals surface area contributed by atoms with Crippen LogP contribution in [0.1, 0.15) is 74.2 Å². The first-order chi connectivity index (χ1) is 21.6. The molecule has 0 bridgehead atoms. The third-order valence-electron chi connectivity index (χ3n) is 7.04. The van der Waals surface area contributed by atoms with Crippen LogP contribution in [0, 0.1) is 18.3 Å². The van der Waals surface area contributed by atoms with Gasteiger partial charge in [-0.1, -0.05) is 19.9 Å². The zero-order valence-electron chi connectivity index (χ0n) is 27.8. The SMILES string of the molecule is Cc1c([C@H](CN(C/C(C=N)=C/Nc2ccc(OC=O)c(N(C)C)c2)C(=O)OC(C)(C)C)OC(=O)CC(C)C)ccc2c1COC2=O. The lowest BCUT2D eigenvalue weighted by Crippen LogP contribution is -2.41. The summed E-state index contributed by atoms with van der Waals surface area (Å²) in [6.07, 6.45) is 1.32. The van der Waals surface area contributed by atoms with Crippen LogP contribution in [-0.2, 0) is 30.4 Å². The van der Waals surface area contributed by atoms with Crippen molar-refractivity contribution in [3.8, 4) is 5.75 Å². The molecule has 0 aliphatic carbocycles. The molecule has 2 aromatic carbocycles. The van der Waals surface area contributed by atoms with E-state index in [1.54, 1.807) is 62.2 Å². The molecule has 1 aliphatic heterocycles. The van der Waals surface area contributed by atoms with Crippen molar-refractivity contribution in [1.29, 1.82) is 5.41 Å². The van der Waals surface area contributed by atoms with Crippen LogP contribution in [0.5, 0.6) is 5.75 Å². The van der Waals surface area contributed by atoms with Crippen molar-refractivity contribution < 1.29 is 38.1 Å². The van der Waals surface area contributed by atoms with Gasteiger partial charge in [-0.25, -0.2) is 9.59 Å². The van der Waals surface area contributed by atoms with E-state index in [0.717, 1.165) is 11.8 Å². The van der Waals surface area contributed by atoms with Crippen LogP contribution in [0.2, 0.25) is 0 Å². The Morgan fingerprint density at radius 2 is 1.87 bits per heavy atom. The smallest absolute Gasteiger partial charge is 0.410 e. The first-order valence-electron chi connectivity index (χ1n) is 15.0. The molecule has 1 amide bonds. The number of amides is 1. The van der Waals surface area contributed by atoms with E-state index in [9.17, 15) is 19.2 Å². The zero-order chi connectivity index (χ0) is 34.2. The van der Waals surface area contributed by atoms with Gasteiger partial charge in [-0.05, 0) is 69.0 Å². The average Bonchev–Trinajstić information content (AvgIpc) is 3.34. The summed E-state index contributed by atoms with van der Waals surface area (Å²) in [5.41, 5.74) is 3.44. The lowest BCUT2D eigenvalue weighted by atomic mass is 9.95. The number of carbonyl (C=O) groups is 4. The van der Waals surface area contributed by atoms with Crippen LogP contribution in [-0.4, -0.2) is 68.4 Å². The molecule has 12 heteroatoms. The van der Waals surface area contributed by atoms with Gasteiger partial charge in [-0.15, -0.1) is 0 Å². The van der Waals surface area contributed by atoms with Crippen LogP contribution >= 0.6 is 0 Å². The summed E-state index contributed by atoms with van der Waals surface area (Å²) >= 11 is 0. The molecule has 2 aromatic rings. The zero-order valence-corrected chi connectivity index (χ0v) is 27.8. The van der Waals surface area contributed by atoms with Crippen molar-refractivity contribution in [2.75, 3.05) is 37.4 Å². The number of carbonyl (C=O) groups excluding carboxylic acids is 4. The molecule has 0 spiro atoms. The molecular formula is C34H44N4O8. The largest absolute Gasteiger partial charge is 0.457 e. The molecule has 2 N–H and O–H groups in total. The molecule has 0 fully saturated rings. The van der Waals surface area contributed by atoms with Gasteiger partial charge in [0.1, 0.15) is 18.3 Å². The van der Waals surface area contributed by atoms with Gasteiger partial charge in [0.25, 0.3) is 6.47 Å². The molecule has 3 rings (SSSR count). The fourth-order valence-electron chi connectivity index (χ4n) is 4.82. The van der Waals surface area contributed by atoms with Gasteiger partial charge < -0.3 is 34.6 Å². The number of rotatable bonds is 14. The van der Waals surface area contributed by atoms with Gasteiger partial charge in [-0.3, -0.25) is 14.5 Å². The molecule has 46 heavy (non-hydrogen) atoms. The van der Waals surface area contributed by atoms with Crippen LogP contribution in [0.4, 0.5) is 16.2 Å². The molecule has 1 atom stereocenters. The maximum atomic E-state index is 13.6. The summed E-state index contributed by atoms with van der Waals surface area (Å²) < 4.78 is 22.0. The number of nitrogens with one attached hydrogen (secondary N) is 2. The Balaban J connectivity index is 1.98. The molecular weight excluding hydrogens is 592 g/mol. The summed E-state index contributed by atoms with van der Waals surface area (Å²) in [6, 6.07) is 8.50. The molecule has 0 aromatic heterocycles. The van der Waals surface area contributed by atoms with E-state index in [-0.39, 0.29) is 32.0 Å². The minimum atomic E-state index is -0.896. The van der Waals surface area contributed by atoms with Gasteiger partial charge in [0, 0.05) is 49.8 Å². The second-order valence-corrected chi connectivity index (χ2v) is 12.6. The summed E-state index contributed by atoms with van der Waals surface area (Å²) in [6.45, 7) is 11.2. The molecule has 12 nitrogen and oxygen atoms in total. The van der Waals surface area contributed by atoms with Crippen molar-refractivity contribution in [2.45, 2.75) is 66.3 Å². The standard InChI is InChI=1S/C34H44N4O8/c1-21(2)13-31(40)45-30(25-10-11-26-27(22(25)3)19-43-32(26)41)18-38(33(42)46-34(4,5)6)17-23(15-35)16-36-24-9-12-29(44-20-39)28(14-24)37(7)8/h9-12,14-16,20-21,30,35-36H,13,17-19H2,1-8H3/b23-16+,35-15?/t30-/m0/s1. The highest BCUT2D eigenvalue weighted by Crippen LogP contribution is 2.33. The Morgan fingerprint density at radius 3 is 2.48 bits per heavy atom. The van der Waals surface area contributed by atoms with Crippen molar-refractivity contribution in [3.63, 3.8) is 0 Å². The van der Waals surface area contributed by atoms with E-state index in [1.165, 1.54) is 4.90 Å². The normalized spacial score (nSPS) is 13.3. The van der Waals surface area contributed by atoms with Gasteiger partial charge in [0.2, 0.25) is 0 Å². The second kappa shape index (κ2) is 15.4. The lowest BCUT2D eigenvalue weighted by Gasteiger charge is -2.31. The van der Waals surface area contributed by atoms with Crippen LogP contribution in [0.3, 0.4) is 0 Å². The Labute approximate surface area is 270 Å². The van der Waals surface area contributed by atoms with E-state index in [0.29, 0.717) is 45.9 Å². The van der Waals surface area contributed by atoms with E-state index in [1.807, 2.05) is 34.9 Å². The van der Waals surface area contributed by atoms with Gasteiger partial charge in [-0.2, -0.15) is 0 Å². The number of hydrogen-bond donors (Lipinski definition) is 2. The molecule has 0 saturated heterocycles. The highest BCUT2D eigenvalue weighted by molar-refractivity contribution is 5.94. The number of cyclic esters (lactones) is 1. The summed E-state index contributed by atoms with van der Waals surface area (Å²) in [4.78, 5) is 52.8. The first kappa shape index (κ1) is 35.6. The number of hydrogen-bond acceptors (Lipinski definition) is 11. The quantitative estimate of drug-likeness (QED) is 0.113. The molecule has 0 unspecified atom stereocenters.